The molecule has 24 heavy (non-hydrogen) atoms. The molecule has 2 atom stereocenters. The number of hydrogen-bond acceptors (Lipinski definition) is 2. The maximum absolute atomic E-state index is 11.6. The number of phenolic OH excluding ortho intramolecular Hbond substituents is 1. The topological polar surface area (TPSA) is 49.3 Å². The maximum Gasteiger partial charge on any atom is 0.217 e. The van der Waals surface area contributed by atoms with Crippen LogP contribution in [0.3, 0.4) is 0 Å². The zero-order valence-electron chi connectivity index (χ0n) is 14.1. The predicted molar refractivity (Wildman–Crippen MR) is 97.0 cm³/mol. The molecule has 0 spiro atoms. The number of rotatable bonds is 3. The highest BCUT2D eigenvalue weighted by atomic mass is 16.3. The summed E-state index contributed by atoms with van der Waals surface area (Å²) in [6, 6.07) is 13.9. The molecular formula is C21H23NO2. The zero-order chi connectivity index (χ0) is 17.1. The standard InChI is InChI=1S/C21H23NO2/c1-14-6-5-7-16(12-14)20-13-17(24)10-11-18(20)19-8-3-4-9-21(19)22-15(2)23/h3-7,10-13,19,21,24H,8-9H2,1-2H3,(H,22,23). The SMILES string of the molecule is CC(=O)NC1CC=CCC1c1ccc(O)cc1-c1cccc(C)c1. The third-order valence-electron chi connectivity index (χ3n) is 4.59. The summed E-state index contributed by atoms with van der Waals surface area (Å²) in [7, 11) is 0. The van der Waals surface area contributed by atoms with Gasteiger partial charge in [0.1, 0.15) is 5.75 Å². The summed E-state index contributed by atoms with van der Waals surface area (Å²) in [5.74, 6) is 0.462. The van der Waals surface area contributed by atoms with Crippen LogP contribution in [0.2, 0.25) is 0 Å². The van der Waals surface area contributed by atoms with Crippen molar-refractivity contribution < 1.29 is 9.90 Å². The molecule has 3 heteroatoms. The molecular weight excluding hydrogens is 298 g/mol. The molecule has 2 aromatic carbocycles. The fraction of sp³-hybridized carbons (Fsp3) is 0.286. The molecule has 0 radical (unpaired) electrons. The van der Waals surface area contributed by atoms with Crippen molar-refractivity contribution in [2.75, 3.05) is 0 Å². The normalized spacial score (nSPS) is 19.9. The number of aromatic hydroxyl groups is 1. The van der Waals surface area contributed by atoms with Gasteiger partial charge in [0.05, 0.1) is 0 Å². The van der Waals surface area contributed by atoms with Crippen molar-refractivity contribution in [1.29, 1.82) is 0 Å². The first-order valence-electron chi connectivity index (χ1n) is 8.36. The molecule has 3 rings (SSSR count). The Bertz CT molecular complexity index is 779. The first-order valence-corrected chi connectivity index (χ1v) is 8.36. The van der Waals surface area contributed by atoms with Gasteiger partial charge in [0.25, 0.3) is 0 Å². The molecule has 0 bridgehead atoms. The minimum atomic E-state index is -0.00353. The summed E-state index contributed by atoms with van der Waals surface area (Å²) in [6.07, 6.45) is 6.02. The molecule has 1 aliphatic carbocycles. The Balaban J connectivity index is 2.07. The number of amides is 1. The third-order valence-corrected chi connectivity index (χ3v) is 4.59. The Morgan fingerprint density at radius 2 is 1.92 bits per heavy atom. The summed E-state index contributed by atoms with van der Waals surface area (Å²) >= 11 is 0. The van der Waals surface area contributed by atoms with Crippen LogP contribution in [-0.4, -0.2) is 17.1 Å². The van der Waals surface area contributed by atoms with Crippen LogP contribution in [0.1, 0.15) is 36.8 Å². The van der Waals surface area contributed by atoms with Crippen molar-refractivity contribution >= 4 is 5.91 Å². The van der Waals surface area contributed by atoms with Crippen LogP contribution in [0.4, 0.5) is 0 Å². The Hall–Kier alpha value is -2.55. The number of benzene rings is 2. The lowest BCUT2D eigenvalue weighted by atomic mass is 9.80. The van der Waals surface area contributed by atoms with Crippen LogP contribution < -0.4 is 5.32 Å². The van der Waals surface area contributed by atoms with Crippen molar-refractivity contribution in [3.63, 3.8) is 0 Å². The smallest absolute Gasteiger partial charge is 0.217 e. The molecule has 0 aromatic heterocycles. The average Bonchev–Trinajstić information content (AvgIpc) is 2.55. The van der Waals surface area contributed by atoms with Crippen LogP contribution in [0.25, 0.3) is 11.1 Å². The zero-order valence-corrected chi connectivity index (χ0v) is 14.1. The van der Waals surface area contributed by atoms with Gasteiger partial charge >= 0.3 is 0 Å². The van der Waals surface area contributed by atoms with Crippen LogP contribution in [-0.2, 0) is 4.79 Å². The van der Waals surface area contributed by atoms with Gasteiger partial charge in [0, 0.05) is 18.9 Å². The van der Waals surface area contributed by atoms with E-state index in [-0.39, 0.29) is 23.6 Å². The van der Waals surface area contributed by atoms with Crippen molar-refractivity contribution in [1.82, 2.24) is 5.32 Å². The first kappa shape index (κ1) is 16.3. The highest BCUT2D eigenvalue weighted by Gasteiger charge is 2.27. The van der Waals surface area contributed by atoms with E-state index in [0.717, 1.165) is 24.0 Å². The molecule has 2 unspecified atom stereocenters. The third kappa shape index (κ3) is 3.51. The van der Waals surface area contributed by atoms with E-state index in [2.05, 4.69) is 42.6 Å². The Morgan fingerprint density at radius 1 is 1.12 bits per heavy atom. The van der Waals surface area contributed by atoms with E-state index >= 15 is 0 Å². The van der Waals surface area contributed by atoms with Gasteiger partial charge in [-0.05, 0) is 48.6 Å². The number of allylic oxidation sites excluding steroid dienone is 1. The van der Waals surface area contributed by atoms with E-state index in [1.54, 1.807) is 13.0 Å². The molecule has 0 saturated heterocycles. The van der Waals surface area contributed by atoms with Gasteiger partial charge in [-0.2, -0.15) is 0 Å². The fourth-order valence-electron chi connectivity index (χ4n) is 3.51. The van der Waals surface area contributed by atoms with Crippen molar-refractivity contribution in [2.45, 2.75) is 38.6 Å². The molecule has 2 aromatic rings. The number of aryl methyl sites for hydroxylation is 1. The highest BCUT2D eigenvalue weighted by Crippen LogP contribution is 2.38. The van der Waals surface area contributed by atoms with E-state index < -0.39 is 0 Å². The average molecular weight is 321 g/mol. The van der Waals surface area contributed by atoms with Crippen LogP contribution >= 0.6 is 0 Å². The molecule has 1 amide bonds. The van der Waals surface area contributed by atoms with Gasteiger partial charge in [-0.25, -0.2) is 0 Å². The summed E-state index contributed by atoms with van der Waals surface area (Å²) in [6.45, 7) is 3.63. The highest BCUT2D eigenvalue weighted by molar-refractivity contribution is 5.74. The second kappa shape index (κ2) is 6.91. The molecule has 3 nitrogen and oxygen atoms in total. The lowest BCUT2D eigenvalue weighted by Crippen LogP contribution is -2.38. The molecule has 0 heterocycles. The molecule has 124 valence electrons. The molecule has 0 fully saturated rings. The van der Waals surface area contributed by atoms with Gasteiger partial charge in [-0.3, -0.25) is 4.79 Å². The predicted octanol–water partition coefficient (Wildman–Crippen LogP) is 4.31. The Kier molecular flexibility index (Phi) is 4.70. The van der Waals surface area contributed by atoms with Gasteiger partial charge in [-0.1, -0.05) is 48.0 Å². The monoisotopic (exact) mass is 321 g/mol. The first-order chi connectivity index (χ1) is 11.5. The second-order valence-corrected chi connectivity index (χ2v) is 6.50. The van der Waals surface area contributed by atoms with Crippen molar-refractivity contribution in [3.8, 4) is 16.9 Å². The molecule has 0 saturated carbocycles. The lowest BCUT2D eigenvalue weighted by Gasteiger charge is -2.31. The largest absolute Gasteiger partial charge is 0.508 e. The molecule has 2 N–H and O–H groups in total. The summed E-state index contributed by atoms with van der Waals surface area (Å²) in [5.41, 5.74) is 4.48. The minimum absolute atomic E-state index is 0.00353. The van der Waals surface area contributed by atoms with E-state index in [1.165, 1.54) is 11.1 Å². The van der Waals surface area contributed by atoms with Crippen molar-refractivity contribution in [2.24, 2.45) is 0 Å². The van der Waals surface area contributed by atoms with Crippen molar-refractivity contribution in [3.05, 3.63) is 65.7 Å². The van der Waals surface area contributed by atoms with Crippen LogP contribution in [0.5, 0.6) is 5.75 Å². The number of carbonyl (C=O) groups excluding carboxylic acids is 1. The summed E-state index contributed by atoms with van der Waals surface area (Å²) in [4.78, 5) is 11.6. The van der Waals surface area contributed by atoms with Gasteiger partial charge in [-0.15, -0.1) is 0 Å². The fourth-order valence-corrected chi connectivity index (χ4v) is 3.51. The van der Waals surface area contributed by atoms with E-state index in [4.69, 9.17) is 0 Å². The second-order valence-electron chi connectivity index (χ2n) is 6.50. The Labute approximate surface area is 143 Å². The number of phenols is 1. The molecule has 1 aliphatic rings. The van der Waals surface area contributed by atoms with Crippen LogP contribution in [0, 0.1) is 6.92 Å². The summed E-state index contributed by atoms with van der Waals surface area (Å²) < 4.78 is 0. The van der Waals surface area contributed by atoms with E-state index in [9.17, 15) is 9.90 Å². The lowest BCUT2D eigenvalue weighted by molar-refractivity contribution is -0.119. The van der Waals surface area contributed by atoms with E-state index in [0.29, 0.717) is 0 Å². The van der Waals surface area contributed by atoms with Crippen LogP contribution in [0.15, 0.2) is 54.6 Å². The quantitative estimate of drug-likeness (QED) is 0.828. The maximum atomic E-state index is 11.6. The number of nitrogens with one attached hydrogen (secondary N) is 1. The summed E-state index contributed by atoms with van der Waals surface area (Å²) in [5, 5.41) is 13.1. The molecule has 0 aliphatic heterocycles. The number of hydrogen-bond donors (Lipinski definition) is 2. The van der Waals surface area contributed by atoms with E-state index in [1.807, 2.05) is 18.2 Å². The minimum Gasteiger partial charge on any atom is -0.508 e. The number of carbonyl (C=O) groups is 1. The van der Waals surface area contributed by atoms with Gasteiger partial charge in [0.2, 0.25) is 5.91 Å². The van der Waals surface area contributed by atoms with Gasteiger partial charge in [0.15, 0.2) is 0 Å². The Morgan fingerprint density at radius 3 is 2.67 bits per heavy atom. The van der Waals surface area contributed by atoms with Gasteiger partial charge < -0.3 is 10.4 Å².